The molecule has 0 aromatic rings. The van der Waals surface area contributed by atoms with Crippen LogP contribution in [0.3, 0.4) is 0 Å². The molecule has 1 heterocycles. The van der Waals surface area contributed by atoms with Crippen molar-refractivity contribution >= 4 is 17.8 Å². The van der Waals surface area contributed by atoms with Crippen LogP contribution in [0, 0.1) is 5.41 Å². The van der Waals surface area contributed by atoms with E-state index in [1.54, 1.807) is 18.7 Å². The molecule has 1 fully saturated rings. The molecule has 0 radical (unpaired) electrons. The van der Waals surface area contributed by atoms with Crippen LogP contribution in [0.2, 0.25) is 0 Å². The summed E-state index contributed by atoms with van der Waals surface area (Å²) in [7, 11) is 1.34. The lowest BCUT2D eigenvalue weighted by Gasteiger charge is -2.37. The smallest absolute Gasteiger partial charge is 0.307 e. The first kappa shape index (κ1) is 17.5. The number of nitrogens with zero attached hydrogens (tertiary/aromatic N) is 1. The Hall–Kier alpha value is -1.59. The zero-order chi connectivity index (χ0) is 16.0. The maximum absolute atomic E-state index is 12.5. The first-order valence-corrected chi connectivity index (χ1v) is 7.33. The van der Waals surface area contributed by atoms with Crippen LogP contribution < -0.4 is 0 Å². The molecule has 0 bridgehead atoms. The fourth-order valence-electron chi connectivity index (χ4n) is 2.80. The number of rotatable bonds is 6. The van der Waals surface area contributed by atoms with Gasteiger partial charge in [0.05, 0.1) is 20.0 Å². The Balaban J connectivity index is 2.68. The van der Waals surface area contributed by atoms with Gasteiger partial charge in [-0.25, -0.2) is 0 Å². The van der Waals surface area contributed by atoms with Crippen LogP contribution in [0.15, 0.2) is 0 Å². The van der Waals surface area contributed by atoms with Gasteiger partial charge in [0.25, 0.3) is 0 Å². The molecule has 1 atom stereocenters. The maximum atomic E-state index is 12.5. The van der Waals surface area contributed by atoms with Crippen molar-refractivity contribution < 1.29 is 24.2 Å². The average molecular weight is 299 g/mol. The molecule has 6 heteroatoms. The van der Waals surface area contributed by atoms with Gasteiger partial charge in [0.2, 0.25) is 5.91 Å². The summed E-state index contributed by atoms with van der Waals surface area (Å²) in [5, 5.41) is 8.89. The number of carbonyl (C=O) groups excluding carboxylic acids is 2. The van der Waals surface area contributed by atoms with E-state index in [1.807, 2.05) is 0 Å². The molecule has 0 aliphatic carbocycles. The second-order valence-corrected chi connectivity index (χ2v) is 6.43. The lowest BCUT2D eigenvalue weighted by Crippen LogP contribution is -2.46. The van der Waals surface area contributed by atoms with Crippen LogP contribution >= 0.6 is 0 Å². The zero-order valence-electron chi connectivity index (χ0n) is 13.1. The predicted molar refractivity (Wildman–Crippen MR) is 76.6 cm³/mol. The van der Waals surface area contributed by atoms with Gasteiger partial charge in [0, 0.05) is 19.0 Å². The minimum Gasteiger partial charge on any atom is -0.481 e. The van der Waals surface area contributed by atoms with E-state index in [2.05, 4.69) is 4.74 Å². The lowest BCUT2D eigenvalue weighted by atomic mass is 9.84. The molecule has 1 N–H and O–H groups in total. The van der Waals surface area contributed by atoms with Crippen molar-refractivity contribution in [3.05, 3.63) is 0 Å². The molecule has 1 rings (SSSR count). The average Bonchev–Trinajstić information content (AvgIpc) is 2.36. The van der Waals surface area contributed by atoms with Crippen molar-refractivity contribution in [2.24, 2.45) is 5.41 Å². The first-order valence-electron chi connectivity index (χ1n) is 7.33. The molecule has 1 aliphatic heterocycles. The lowest BCUT2D eigenvalue weighted by molar-refractivity contribution is -0.145. The fourth-order valence-corrected chi connectivity index (χ4v) is 2.80. The minimum absolute atomic E-state index is 0.0474. The van der Waals surface area contributed by atoms with Crippen LogP contribution in [0.25, 0.3) is 0 Å². The molecule has 0 spiro atoms. The summed E-state index contributed by atoms with van der Waals surface area (Å²) in [6, 6.07) is -0.126. The molecule has 0 saturated carbocycles. The van der Waals surface area contributed by atoms with Gasteiger partial charge in [0.1, 0.15) is 0 Å². The highest BCUT2D eigenvalue weighted by molar-refractivity contribution is 5.79. The van der Waals surface area contributed by atoms with Gasteiger partial charge in [-0.1, -0.05) is 13.8 Å². The number of methoxy groups -OCH3 is 1. The van der Waals surface area contributed by atoms with E-state index >= 15 is 0 Å². The summed E-state index contributed by atoms with van der Waals surface area (Å²) in [5.74, 6) is -1.29. The Kier molecular flexibility index (Phi) is 6.18. The highest BCUT2D eigenvalue weighted by atomic mass is 16.5. The summed E-state index contributed by atoms with van der Waals surface area (Å²) >= 11 is 0. The number of hydrogen-bond donors (Lipinski definition) is 1. The molecular formula is C15H25NO5. The Morgan fingerprint density at radius 2 is 1.90 bits per heavy atom. The van der Waals surface area contributed by atoms with Gasteiger partial charge < -0.3 is 14.7 Å². The van der Waals surface area contributed by atoms with Crippen molar-refractivity contribution in [3.8, 4) is 0 Å². The number of carbonyl (C=O) groups is 3. The monoisotopic (exact) mass is 299 g/mol. The normalized spacial score (nSPS) is 19.2. The SMILES string of the molecule is COC(=O)CC1CCCCN1C(=O)CC(C)(C)CC(=O)O. The van der Waals surface area contributed by atoms with E-state index in [9.17, 15) is 14.4 Å². The summed E-state index contributed by atoms with van der Waals surface area (Å²) < 4.78 is 4.68. The van der Waals surface area contributed by atoms with Crippen molar-refractivity contribution in [1.82, 2.24) is 4.90 Å². The third-order valence-corrected chi connectivity index (χ3v) is 3.84. The van der Waals surface area contributed by atoms with Crippen molar-refractivity contribution in [1.29, 1.82) is 0 Å². The van der Waals surface area contributed by atoms with Crippen LogP contribution in [-0.2, 0) is 19.1 Å². The highest BCUT2D eigenvalue weighted by Gasteiger charge is 2.33. The summed E-state index contributed by atoms with van der Waals surface area (Å²) in [5.41, 5.74) is -0.587. The van der Waals surface area contributed by atoms with Gasteiger partial charge in [-0.05, 0) is 24.7 Å². The van der Waals surface area contributed by atoms with Gasteiger partial charge in [-0.15, -0.1) is 0 Å². The molecular weight excluding hydrogens is 274 g/mol. The number of esters is 1. The van der Waals surface area contributed by atoms with Crippen LogP contribution in [0.4, 0.5) is 0 Å². The topological polar surface area (TPSA) is 83.9 Å². The van der Waals surface area contributed by atoms with Crippen molar-refractivity contribution in [2.45, 2.75) is 58.4 Å². The second-order valence-electron chi connectivity index (χ2n) is 6.43. The van der Waals surface area contributed by atoms with Gasteiger partial charge in [0.15, 0.2) is 0 Å². The number of likely N-dealkylation sites (tertiary alicyclic amines) is 1. The molecule has 6 nitrogen and oxygen atoms in total. The van der Waals surface area contributed by atoms with Gasteiger partial charge >= 0.3 is 11.9 Å². The number of hydrogen-bond acceptors (Lipinski definition) is 4. The van der Waals surface area contributed by atoms with Crippen molar-refractivity contribution in [2.75, 3.05) is 13.7 Å². The Morgan fingerprint density at radius 1 is 1.24 bits per heavy atom. The molecule has 21 heavy (non-hydrogen) atoms. The van der Waals surface area contributed by atoms with E-state index in [1.165, 1.54) is 7.11 Å². The Morgan fingerprint density at radius 3 is 2.48 bits per heavy atom. The molecule has 0 aromatic heterocycles. The number of piperidine rings is 1. The first-order chi connectivity index (χ1) is 9.75. The minimum atomic E-state index is -0.905. The van der Waals surface area contributed by atoms with Gasteiger partial charge in [-0.2, -0.15) is 0 Å². The van der Waals surface area contributed by atoms with Crippen LogP contribution in [0.5, 0.6) is 0 Å². The van der Waals surface area contributed by atoms with E-state index < -0.39 is 11.4 Å². The molecule has 120 valence electrons. The largest absolute Gasteiger partial charge is 0.481 e. The number of amides is 1. The Bertz CT molecular complexity index is 405. The standard InChI is InChI=1S/C15H25NO5/c1-15(2,10-13(18)19)9-12(17)16-7-5-4-6-11(16)8-14(20)21-3/h11H,4-10H2,1-3H3,(H,18,19). The summed E-state index contributed by atoms with van der Waals surface area (Å²) in [6.45, 7) is 4.18. The highest BCUT2D eigenvalue weighted by Crippen LogP contribution is 2.29. The number of aliphatic carboxylic acids is 1. The van der Waals surface area contributed by atoms with Crippen molar-refractivity contribution in [3.63, 3.8) is 0 Å². The van der Waals surface area contributed by atoms with E-state index in [0.717, 1.165) is 19.3 Å². The molecule has 1 unspecified atom stereocenters. The number of carboxylic acids is 1. The fraction of sp³-hybridized carbons (Fsp3) is 0.800. The van der Waals surface area contributed by atoms with E-state index in [0.29, 0.717) is 6.54 Å². The summed E-state index contributed by atoms with van der Waals surface area (Å²) in [6.07, 6.45) is 3.04. The zero-order valence-corrected chi connectivity index (χ0v) is 13.1. The Labute approximate surface area is 125 Å². The third kappa shape index (κ3) is 5.73. The van der Waals surface area contributed by atoms with Crippen LogP contribution in [0.1, 0.15) is 52.4 Å². The van der Waals surface area contributed by atoms with Crippen LogP contribution in [-0.4, -0.2) is 47.5 Å². The van der Waals surface area contributed by atoms with Gasteiger partial charge in [-0.3, -0.25) is 14.4 Å². The molecule has 0 aromatic carbocycles. The van der Waals surface area contributed by atoms with E-state index in [-0.39, 0.29) is 37.2 Å². The second kappa shape index (κ2) is 7.43. The molecule has 1 aliphatic rings. The maximum Gasteiger partial charge on any atom is 0.307 e. The quantitative estimate of drug-likeness (QED) is 0.756. The third-order valence-electron chi connectivity index (χ3n) is 3.84. The number of carboxylic acid groups (broad SMARTS) is 1. The number of ether oxygens (including phenoxy) is 1. The molecule has 1 amide bonds. The summed E-state index contributed by atoms with van der Waals surface area (Å²) in [4.78, 5) is 36.5. The predicted octanol–water partition coefficient (Wildman–Crippen LogP) is 1.82. The molecule has 1 saturated heterocycles. The van der Waals surface area contributed by atoms with E-state index in [4.69, 9.17) is 5.11 Å².